The minimum atomic E-state index is 0.191. The molecule has 4 heteroatoms. The van der Waals surface area contributed by atoms with Crippen LogP contribution in [0.25, 0.3) is 0 Å². The molecule has 0 radical (unpaired) electrons. The molecule has 0 atom stereocenters. The molecule has 0 saturated carbocycles. The van der Waals surface area contributed by atoms with Crippen LogP contribution in [0.15, 0.2) is 30.5 Å². The Labute approximate surface area is 99.5 Å². The topological polar surface area (TPSA) is 58.8 Å². The van der Waals surface area contributed by atoms with Crippen LogP contribution < -0.4 is 4.74 Å². The van der Waals surface area contributed by atoms with Gasteiger partial charge in [0.15, 0.2) is 0 Å². The normalized spacial score (nSPS) is 9.71. The van der Waals surface area contributed by atoms with E-state index in [1.807, 2.05) is 38.1 Å². The zero-order chi connectivity index (χ0) is 12.3. The second kappa shape index (κ2) is 4.62. The van der Waals surface area contributed by atoms with E-state index in [0.29, 0.717) is 11.4 Å². The summed E-state index contributed by atoms with van der Waals surface area (Å²) in [5.74, 6) is 0.700. The average Bonchev–Trinajstić information content (AvgIpc) is 2.33. The third-order valence-corrected chi connectivity index (χ3v) is 2.28. The quantitative estimate of drug-likeness (QED) is 0.788. The van der Waals surface area contributed by atoms with Gasteiger partial charge in [-0.05, 0) is 31.5 Å². The number of hydrogen-bond acceptors (Lipinski definition) is 4. The third kappa shape index (κ3) is 2.58. The molecule has 0 unspecified atom stereocenters. The molecule has 0 bridgehead atoms. The maximum Gasteiger partial charge on any atom is 0.323 e. The van der Waals surface area contributed by atoms with Gasteiger partial charge in [-0.2, -0.15) is 10.2 Å². The van der Waals surface area contributed by atoms with Crippen molar-refractivity contribution in [2.24, 2.45) is 0 Å². The van der Waals surface area contributed by atoms with Gasteiger partial charge in [0, 0.05) is 6.20 Å². The number of benzene rings is 1. The standard InChI is InChI=1S/C13H11N3O/c1-9-3-4-12(10(2)7-9)17-13-15-6-5-11(8-14)16-13/h3-7H,1-2H3. The average molecular weight is 225 g/mol. The molecule has 0 fully saturated rings. The third-order valence-electron chi connectivity index (χ3n) is 2.28. The highest BCUT2D eigenvalue weighted by Gasteiger charge is 2.04. The largest absolute Gasteiger partial charge is 0.424 e. The van der Waals surface area contributed by atoms with Crippen molar-refractivity contribution in [3.05, 3.63) is 47.3 Å². The predicted molar refractivity (Wildman–Crippen MR) is 62.7 cm³/mol. The smallest absolute Gasteiger partial charge is 0.323 e. The molecule has 0 aliphatic rings. The van der Waals surface area contributed by atoms with Crippen molar-refractivity contribution in [1.82, 2.24) is 9.97 Å². The van der Waals surface area contributed by atoms with Crippen LogP contribution in [0.4, 0.5) is 0 Å². The molecule has 0 N–H and O–H groups in total. The molecule has 4 nitrogen and oxygen atoms in total. The van der Waals surface area contributed by atoms with Crippen molar-refractivity contribution in [3.63, 3.8) is 0 Å². The zero-order valence-electron chi connectivity index (χ0n) is 9.64. The second-order valence-electron chi connectivity index (χ2n) is 3.71. The molecule has 84 valence electrons. The lowest BCUT2D eigenvalue weighted by molar-refractivity contribution is 0.438. The number of aromatic nitrogens is 2. The monoisotopic (exact) mass is 225 g/mol. The van der Waals surface area contributed by atoms with Gasteiger partial charge in [0.1, 0.15) is 17.5 Å². The fourth-order valence-corrected chi connectivity index (χ4v) is 1.46. The van der Waals surface area contributed by atoms with Gasteiger partial charge >= 0.3 is 6.01 Å². The van der Waals surface area contributed by atoms with Crippen molar-refractivity contribution in [3.8, 4) is 17.8 Å². The van der Waals surface area contributed by atoms with Crippen LogP contribution in [0.3, 0.4) is 0 Å². The van der Waals surface area contributed by atoms with Gasteiger partial charge in [-0.1, -0.05) is 17.7 Å². The van der Waals surface area contributed by atoms with Crippen LogP contribution in [0.1, 0.15) is 16.8 Å². The summed E-state index contributed by atoms with van der Waals surface area (Å²) in [6.07, 6.45) is 1.50. The number of aryl methyl sites for hydroxylation is 2. The number of nitrogens with zero attached hydrogens (tertiary/aromatic N) is 3. The minimum absolute atomic E-state index is 0.191. The lowest BCUT2D eigenvalue weighted by Gasteiger charge is -2.07. The van der Waals surface area contributed by atoms with Crippen molar-refractivity contribution in [1.29, 1.82) is 5.26 Å². The first-order valence-electron chi connectivity index (χ1n) is 5.17. The van der Waals surface area contributed by atoms with E-state index in [9.17, 15) is 0 Å². The van der Waals surface area contributed by atoms with Gasteiger partial charge in [0.25, 0.3) is 0 Å². The van der Waals surface area contributed by atoms with Crippen LogP contribution in [0.2, 0.25) is 0 Å². The summed E-state index contributed by atoms with van der Waals surface area (Å²) in [5, 5.41) is 8.72. The first kappa shape index (κ1) is 11.1. The summed E-state index contributed by atoms with van der Waals surface area (Å²) in [6, 6.07) is 9.51. The van der Waals surface area contributed by atoms with Crippen LogP contribution >= 0.6 is 0 Å². The van der Waals surface area contributed by atoms with Crippen molar-refractivity contribution in [2.45, 2.75) is 13.8 Å². The first-order valence-corrected chi connectivity index (χ1v) is 5.17. The Morgan fingerprint density at radius 1 is 1.24 bits per heavy atom. The van der Waals surface area contributed by atoms with E-state index >= 15 is 0 Å². The first-order chi connectivity index (χ1) is 8.19. The van der Waals surface area contributed by atoms with Gasteiger partial charge in [-0.15, -0.1) is 0 Å². The van der Waals surface area contributed by atoms with Crippen molar-refractivity contribution in [2.75, 3.05) is 0 Å². The van der Waals surface area contributed by atoms with E-state index < -0.39 is 0 Å². The van der Waals surface area contributed by atoms with E-state index in [-0.39, 0.29) is 6.01 Å². The highest BCUT2D eigenvalue weighted by molar-refractivity contribution is 5.37. The zero-order valence-corrected chi connectivity index (χ0v) is 9.64. The molecular weight excluding hydrogens is 214 g/mol. The highest BCUT2D eigenvalue weighted by atomic mass is 16.5. The molecule has 1 aromatic carbocycles. The number of hydrogen-bond donors (Lipinski definition) is 0. The van der Waals surface area contributed by atoms with E-state index in [4.69, 9.17) is 10.00 Å². The lowest BCUT2D eigenvalue weighted by atomic mass is 10.1. The number of rotatable bonds is 2. The van der Waals surface area contributed by atoms with E-state index in [1.165, 1.54) is 17.8 Å². The molecule has 2 rings (SSSR count). The maximum absolute atomic E-state index is 8.72. The van der Waals surface area contributed by atoms with Gasteiger partial charge in [0.2, 0.25) is 0 Å². The van der Waals surface area contributed by atoms with Gasteiger partial charge in [0.05, 0.1) is 0 Å². The Morgan fingerprint density at radius 3 is 2.76 bits per heavy atom. The number of ether oxygens (including phenoxy) is 1. The summed E-state index contributed by atoms with van der Waals surface area (Å²) < 4.78 is 5.53. The van der Waals surface area contributed by atoms with Gasteiger partial charge in [-0.25, -0.2) is 4.98 Å². The fourth-order valence-electron chi connectivity index (χ4n) is 1.46. The van der Waals surface area contributed by atoms with Crippen LogP contribution in [-0.4, -0.2) is 9.97 Å². The Balaban J connectivity index is 2.28. The summed E-state index contributed by atoms with van der Waals surface area (Å²) >= 11 is 0. The molecule has 1 aromatic heterocycles. The SMILES string of the molecule is Cc1ccc(Oc2nccc(C#N)n2)c(C)c1. The van der Waals surface area contributed by atoms with Gasteiger partial charge in [-0.3, -0.25) is 0 Å². The summed E-state index contributed by atoms with van der Waals surface area (Å²) in [4.78, 5) is 7.92. The van der Waals surface area contributed by atoms with E-state index in [2.05, 4.69) is 9.97 Å². The van der Waals surface area contributed by atoms with E-state index in [1.54, 1.807) is 0 Å². The predicted octanol–water partition coefficient (Wildman–Crippen LogP) is 2.76. The Bertz CT molecular complexity index is 587. The molecular formula is C13H11N3O. The molecule has 0 saturated heterocycles. The molecule has 1 heterocycles. The Hall–Kier alpha value is -2.41. The van der Waals surface area contributed by atoms with Crippen molar-refractivity contribution < 1.29 is 4.74 Å². The maximum atomic E-state index is 8.72. The van der Waals surface area contributed by atoms with E-state index in [0.717, 1.165) is 5.56 Å². The van der Waals surface area contributed by atoms with Crippen LogP contribution in [-0.2, 0) is 0 Å². The fraction of sp³-hybridized carbons (Fsp3) is 0.154. The molecule has 0 amide bonds. The van der Waals surface area contributed by atoms with Crippen LogP contribution in [0.5, 0.6) is 11.8 Å². The van der Waals surface area contributed by atoms with Gasteiger partial charge < -0.3 is 4.74 Å². The molecule has 0 spiro atoms. The summed E-state index contributed by atoms with van der Waals surface area (Å²) in [5.41, 5.74) is 2.47. The lowest BCUT2D eigenvalue weighted by Crippen LogP contribution is -1.95. The Kier molecular flexibility index (Phi) is 3.01. The minimum Gasteiger partial charge on any atom is -0.424 e. The molecule has 17 heavy (non-hydrogen) atoms. The molecule has 0 aliphatic heterocycles. The Morgan fingerprint density at radius 2 is 2.06 bits per heavy atom. The van der Waals surface area contributed by atoms with Crippen molar-refractivity contribution >= 4 is 0 Å². The highest BCUT2D eigenvalue weighted by Crippen LogP contribution is 2.23. The number of nitriles is 1. The summed E-state index contributed by atoms with van der Waals surface area (Å²) in [6.45, 7) is 3.97. The van der Waals surface area contributed by atoms with Crippen LogP contribution in [0, 0.1) is 25.2 Å². The second-order valence-corrected chi connectivity index (χ2v) is 3.71. The molecule has 2 aromatic rings. The summed E-state index contributed by atoms with van der Waals surface area (Å²) in [7, 11) is 0. The molecule has 0 aliphatic carbocycles.